The van der Waals surface area contributed by atoms with Crippen molar-refractivity contribution < 1.29 is 22.7 Å². The van der Waals surface area contributed by atoms with Gasteiger partial charge in [0.15, 0.2) is 0 Å². The van der Waals surface area contributed by atoms with Crippen molar-refractivity contribution in [2.24, 2.45) is 0 Å². The highest BCUT2D eigenvalue weighted by atomic mass is 79.9. The van der Waals surface area contributed by atoms with Gasteiger partial charge in [-0.15, -0.1) is 0 Å². The van der Waals surface area contributed by atoms with Crippen molar-refractivity contribution in [3.05, 3.63) is 88.4 Å². The molecule has 0 radical (unpaired) electrons. The summed E-state index contributed by atoms with van der Waals surface area (Å²) in [5.74, 6) is -0.278. The molecule has 0 aliphatic heterocycles. The van der Waals surface area contributed by atoms with Crippen molar-refractivity contribution in [2.45, 2.75) is 64.6 Å². The topological polar surface area (TPSA) is 96.0 Å². The normalized spacial score (nSPS) is 12.4. The molecule has 3 aromatic carbocycles. The number of amides is 2. The minimum atomic E-state index is -4.14. The molecule has 0 aromatic heterocycles. The average molecular weight is 645 g/mol. The molecule has 0 saturated heterocycles. The molecule has 0 spiro atoms. The first-order chi connectivity index (χ1) is 19.2. The number of carbonyl (C=O) groups is 2. The van der Waals surface area contributed by atoms with Gasteiger partial charge in [-0.25, -0.2) is 8.42 Å². The van der Waals surface area contributed by atoms with Gasteiger partial charge in [0.1, 0.15) is 18.3 Å². The van der Waals surface area contributed by atoms with Crippen molar-refractivity contribution in [1.29, 1.82) is 0 Å². The molecule has 10 heteroatoms. The Hall–Kier alpha value is -3.37. The molecule has 3 rings (SSSR count). The van der Waals surface area contributed by atoms with Crippen LogP contribution in [0, 0.1) is 6.92 Å². The van der Waals surface area contributed by atoms with Crippen LogP contribution in [0.2, 0.25) is 0 Å². The molecule has 0 fully saturated rings. The van der Waals surface area contributed by atoms with Crippen LogP contribution in [0.3, 0.4) is 0 Å². The quantitative estimate of drug-likeness (QED) is 0.290. The summed E-state index contributed by atoms with van der Waals surface area (Å²) in [5, 5.41) is 2.93. The summed E-state index contributed by atoms with van der Waals surface area (Å²) in [6.07, 6.45) is 0. The zero-order chi connectivity index (χ0) is 30.4. The predicted molar refractivity (Wildman–Crippen MR) is 165 cm³/mol. The Kier molecular flexibility index (Phi) is 10.6. The van der Waals surface area contributed by atoms with E-state index in [-0.39, 0.29) is 17.3 Å². The molecular weight excluding hydrogens is 606 g/mol. The summed E-state index contributed by atoms with van der Waals surface area (Å²) >= 11 is 3.46. The number of aryl methyl sites for hydroxylation is 1. The van der Waals surface area contributed by atoms with Gasteiger partial charge in [-0.3, -0.25) is 13.9 Å². The highest BCUT2D eigenvalue weighted by molar-refractivity contribution is 9.10. The first-order valence-corrected chi connectivity index (χ1v) is 15.6. The second-order valence-electron chi connectivity index (χ2n) is 10.8. The van der Waals surface area contributed by atoms with E-state index in [0.717, 1.165) is 19.9 Å². The summed E-state index contributed by atoms with van der Waals surface area (Å²) in [5.41, 5.74) is 1.49. The van der Waals surface area contributed by atoms with Gasteiger partial charge >= 0.3 is 0 Å². The van der Waals surface area contributed by atoms with Crippen LogP contribution in [0.25, 0.3) is 0 Å². The van der Waals surface area contributed by atoms with Crippen LogP contribution >= 0.6 is 15.9 Å². The first-order valence-electron chi connectivity index (χ1n) is 13.4. The molecule has 0 unspecified atom stereocenters. The van der Waals surface area contributed by atoms with Crippen molar-refractivity contribution >= 4 is 43.5 Å². The molecule has 1 N–H and O–H groups in total. The van der Waals surface area contributed by atoms with Crippen molar-refractivity contribution in [1.82, 2.24) is 10.2 Å². The lowest BCUT2D eigenvalue weighted by Crippen LogP contribution is -2.54. The molecule has 0 heterocycles. The fraction of sp³-hybridized carbons (Fsp3) is 0.355. The second-order valence-corrected chi connectivity index (χ2v) is 13.6. The van der Waals surface area contributed by atoms with E-state index < -0.39 is 34.1 Å². The van der Waals surface area contributed by atoms with Gasteiger partial charge in [-0.1, -0.05) is 45.8 Å². The number of ether oxygens (including phenoxy) is 1. The number of hydrogen-bond acceptors (Lipinski definition) is 5. The number of halogens is 1. The molecule has 8 nitrogen and oxygen atoms in total. The smallest absolute Gasteiger partial charge is 0.264 e. The van der Waals surface area contributed by atoms with E-state index in [9.17, 15) is 18.0 Å². The van der Waals surface area contributed by atoms with Crippen LogP contribution in [0.1, 0.15) is 45.7 Å². The Morgan fingerprint density at radius 2 is 1.63 bits per heavy atom. The van der Waals surface area contributed by atoms with E-state index in [1.807, 2.05) is 58.9 Å². The monoisotopic (exact) mass is 643 g/mol. The molecule has 0 saturated carbocycles. The molecule has 41 heavy (non-hydrogen) atoms. The molecule has 0 bridgehead atoms. The number of benzene rings is 3. The van der Waals surface area contributed by atoms with E-state index >= 15 is 0 Å². The van der Waals surface area contributed by atoms with Gasteiger partial charge in [-0.2, -0.15) is 0 Å². The molecule has 2 amide bonds. The number of nitrogens with zero attached hydrogens (tertiary/aromatic N) is 2. The van der Waals surface area contributed by atoms with Gasteiger partial charge < -0.3 is 15.0 Å². The minimum absolute atomic E-state index is 0.0573. The standard InChI is InChI=1S/C31H38BrN3O5S/c1-7-40-27-15-13-26(14-16-27)35(41(38,39)28-17-11-22(2)12-18-28)21-29(36)34(20-24-9-8-10-25(32)19-24)23(3)30(37)33-31(4,5)6/h8-19,23H,7,20-21H2,1-6H3,(H,33,37)/t23-/m1/s1. The zero-order valence-electron chi connectivity index (χ0n) is 24.3. The van der Waals surface area contributed by atoms with Crippen LogP contribution in [-0.4, -0.2) is 49.9 Å². The lowest BCUT2D eigenvalue weighted by Gasteiger charge is -2.33. The number of hydrogen-bond donors (Lipinski definition) is 1. The van der Waals surface area contributed by atoms with Gasteiger partial charge in [0, 0.05) is 16.6 Å². The van der Waals surface area contributed by atoms with E-state index in [2.05, 4.69) is 21.2 Å². The lowest BCUT2D eigenvalue weighted by atomic mass is 10.1. The van der Waals surface area contributed by atoms with E-state index in [1.54, 1.807) is 43.3 Å². The summed E-state index contributed by atoms with van der Waals surface area (Å²) in [4.78, 5) is 28.7. The average Bonchev–Trinajstić information content (AvgIpc) is 2.90. The minimum Gasteiger partial charge on any atom is -0.494 e. The number of anilines is 1. The van der Waals surface area contributed by atoms with Crippen LogP contribution in [0.5, 0.6) is 5.75 Å². The summed E-state index contributed by atoms with van der Waals surface area (Å²) in [6.45, 7) is 11.0. The third-order valence-corrected chi connectivity index (χ3v) is 8.51. The molecule has 0 aliphatic carbocycles. The largest absolute Gasteiger partial charge is 0.494 e. The van der Waals surface area contributed by atoms with Crippen molar-refractivity contribution in [2.75, 3.05) is 17.5 Å². The molecule has 220 valence electrons. The fourth-order valence-corrected chi connectivity index (χ4v) is 5.99. The van der Waals surface area contributed by atoms with E-state index in [1.165, 1.54) is 17.0 Å². The zero-order valence-corrected chi connectivity index (χ0v) is 26.8. The Balaban J connectivity index is 2.04. The maximum absolute atomic E-state index is 14.0. The molecule has 0 aliphatic rings. The van der Waals surface area contributed by atoms with Crippen molar-refractivity contribution in [3.63, 3.8) is 0 Å². The second kappa shape index (κ2) is 13.5. The summed E-state index contributed by atoms with van der Waals surface area (Å²) < 4.78 is 35.3. The Morgan fingerprint density at radius 3 is 2.20 bits per heavy atom. The molecule has 3 aromatic rings. The van der Waals surface area contributed by atoms with Crippen LogP contribution in [0.15, 0.2) is 82.2 Å². The summed E-state index contributed by atoms with van der Waals surface area (Å²) in [6, 6.07) is 19.6. The maximum atomic E-state index is 14.0. The number of carbonyl (C=O) groups excluding carboxylic acids is 2. The van der Waals surface area contributed by atoms with Crippen LogP contribution < -0.4 is 14.4 Å². The third-order valence-electron chi connectivity index (χ3n) is 6.23. The number of nitrogens with one attached hydrogen (secondary N) is 1. The third kappa shape index (κ3) is 8.81. The Morgan fingerprint density at radius 1 is 1.00 bits per heavy atom. The lowest BCUT2D eigenvalue weighted by molar-refractivity contribution is -0.140. The molecule has 1 atom stereocenters. The SMILES string of the molecule is CCOc1ccc(N(CC(=O)N(Cc2cccc(Br)c2)[C@H](C)C(=O)NC(C)(C)C)S(=O)(=O)c2ccc(C)cc2)cc1. The highest BCUT2D eigenvalue weighted by Gasteiger charge is 2.33. The predicted octanol–water partition coefficient (Wildman–Crippen LogP) is 5.68. The van der Waals surface area contributed by atoms with Crippen LogP contribution in [0.4, 0.5) is 5.69 Å². The van der Waals surface area contributed by atoms with Crippen molar-refractivity contribution in [3.8, 4) is 5.75 Å². The van der Waals surface area contributed by atoms with Gasteiger partial charge in [0.2, 0.25) is 11.8 Å². The van der Waals surface area contributed by atoms with E-state index in [4.69, 9.17) is 4.74 Å². The number of rotatable bonds is 11. The maximum Gasteiger partial charge on any atom is 0.264 e. The Bertz CT molecular complexity index is 1450. The van der Waals surface area contributed by atoms with Gasteiger partial charge in [0.25, 0.3) is 10.0 Å². The number of sulfonamides is 1. The first kappa shape index (κ1) is 32.1. The van der Waals surface area contributed by atoms with E-state index in [0.29, 0.717) is 18.0 Å². The summed E-state index contributed by atoms with van der Waals surface area (Å²) in [7, 11) is -4.14. The van der Waals surface area contributed by atoms with Crippen LogP contribution in [-0.2, 0) is 26.2 Å². The Labute approximate surface area is 251 Å². The molecular formula is C31H38BrN3O5S. The van der Waals surface area contributed by atoms with Gasteiger partial charge in [0.05, 0.1) is 17.2 Å². The fourth-order valence-electron chi connectivity index (χ4n) is 4.13. The highest BCUT2D eigenvalue weighted by Crippen LogP contribution is 2.27. The van der Waals surface area contributed by atoms with Gasteiger partial charge in [-0.05, 0) is 95.6 Å².